The maximum absolute atomic E-state index is 12.5. The normalized spacial score (nSPS) is 13.9. The topological polar surface area (TPSA) is 68.1 Å². The molecule has 0 atom stereocenters. The van der Waals surface area contributed by atoms with Gasteiger partial charge in [0.05, 0.1) is 5.75 Å². The Morgan fingerprint density at radius 3 is 2.50 bits per heavy atom. The van der Waals surface area contributed by atoms with Gasteiger partial charge in [0.1, 0.15) is 0 Å². The summed E-state index contributed by atoms with van der Waals surface area (Å²) in [7, 11) is 1.90. The van der Waals surface area contributed by atoms with E-state index in [1.54, 1.807) is 17.0 Å². The van der Waals surface area contributed by atoms with E-state index in [9.17, 15) is 9.59 Å². The van der Waals surface area contributed by atoms with Gasteiger partial charge in [-0.2, -0.15) is 0 Å². The zero-order valence-electron chi connectivity index (χ0n) is 15.5. The first kappa shape index (κ1) is 18.4. The Hall–Kier alpha value is -2.93. The third-order valence-electron chi connectivity index (χ3n) is 4.77. The molecule has 142 valence electrons. The molecule has 28 heavy (non-hydrogen) atoms. The number of thioether (sulfide) groups is 1. The lowest BCUT2D eigenvalue weighted by Gasteiger charge is -2.15. The molecule has 2 heterocycles. The van der Waals surface area contributed by atoms with Crippen LogP contribution < -0.4 is 4.90 Å². The summed E-state index contributed by atoms with van der Waals surface area (Å²) in [5, 5.41) is 9.16. The van der Waals surface area contributed by atoms with Gasteiger partial charge in [0, 0.05) is 36.8 Å². The van der Waals surface area contributed by atoms with E-state index in [-0.39, 0.29) is 17.4 Å². The summed E-state index contributed by atoms with van der Waals surface area (Å²) < 4.78 is 1.90. The van der Waals surface area contributed by atoms with E-state index in [1.807, 2.05) is 54.1 Å². The largest absolute Gasteiger partial charge is 0.312 e. The first-order chi connectivity index (χ1) is 13.6. The van der Waals surface area contributed by atoms with Gasteiger partial charge in [-0.1, -0.05) is 42.1 Å². The number of carbonyl (C=O) groups excluding carboxylic acids is 2. The average Bonchev–Trinajstić information content (AvgIpc) is 3.32. The van der Waals surface area contributed by atoms with Crippen molar-refractivity contribution in [2.75, 3.05) is 17.2 Å². The maximum Gasteiger partial charge on any atom is 0.227 e. The number of hydrogen-bond donors (Lipinski definition) is 0. The maximum atomic E-state index is 12.5. The number of aromatic nitrogens is 3. The summed E-state index contributed by atoms with van der Waals surface area (Å²) in [6.45, 7) is 0.748. The number of rotatable bonds is 6. The highest BCUT2D eigenvalue weighted by atomic mass is 32.2. The number of ketones is 1. The molecule has 0 aliphatic carbocycles. The zero-order chi connectivity index (χ0) is 19.5. The highest BCUT2D eigenvalue weighted by molar-refractivity contribution is 7.99. The van der Waals surface area contributed by atoms with Crippen molar-refractivity contribution in [1.82, 2.24) is 14.8 Å². The Labute approximate surface area is 167 Å². The van der Waals surface area contributed by atoms with Crippen LogP contribution >= 0.6 is 11.8 Å². The molecule has 0 unspecified atom stereocenters. The molecule has 2 aromatic carbocycles. The number of Topliss-reactive ketones (excluding diaryl/α,β-unsaturated/α-hetero) is 1. The van der Waals surface area contributed by atoms with E-state index in [0.717, 1.165) is 30.0 Å². The second-order valence-corrected chi connectivity index (χ2v) is 7.58. The monoisotopic (exact) mass is 392 g/mol. The first-order valence-electron chi connectivity index (χ1n) is 9.15. The average molecular weight is 392 g/mol. The number of anilines is 1. The van der Waals surface area contributed by atoms with Crippen molar-refractivity contribution >= 4 is 29.1 Å². The molecular weight excluding hydrogens is 372 g/mol. The summed E-state index contributed by atoms with van der Waals surface area (Å²) in [6.07, 6.45) is 1.48. The van der Waals surface area contributed by atoms with Crippen LogP contribution in [0.15, 0.2) is 59.8 Å². The van der Waals surface area contributed by atoms with Crippen molar-refractivity contribution in [3.63, 3.8) is 0 Å². The Bertz CT molecular complexity index is 999. The lowest BCUT2D eigenvalue weighted by atomic mass is 10.1. The van der Waals surface area contributed by atoms with E-state index >= 15 is 0 Å². The van der Waals surface area contributed by atoms with E-state index in [2.05, 4.69) is 10.2 Å². The standard InChI is InChI=1S/C21H20N4O2S/c1-24-20(16-6-3-2-4-7-16)22-23-21(24)28-14-18(26)15-9-11-17(12-10-15)25-13-5-8-19(25)27/h2-4,6-7,9-12H,5,8,13-14H2,1H3. The Morgan fingerprint density at radius 1 is 1.07 bits per heavy atom. The molecule has 1 amide bonds. The van der Waals surface area contributed by atoms with Crippen molar-refractivity contribution in [3.8, 4) is 11.4 Å². The smallest absolute Gasteiger partial charge is 0.227 e. The molecular formula is C21H20N4O2S. The molecule has 3 aromatic rings. The van der Waals surface area contributed by atoms with Crippen LogP contribution in [0.4, 0.5) is 5.69 Å². The van der Waals surface area contributed by atoms with Crippen molar-refractivity contribution < 1.29 is 9.59 Å². The fraction of sp³-hybridized carbons (Fsp3) is 0.238. The van der Waals surface area contributed by atoms with Crippen LogP contribution in [0.1, 0.15) is 23.2 Å². The van der Waals surface area contributed by atoms with E-state index in [0.29, 0.717) is 17.1 Å². The molecule has 0 radical (unpaired) electrons. The molecule has 4 rings (SSSR count). The number of amides is 1. The van der Waals surface area contributed by atoms with Gasteiger partial charge in [0.15, 0.2) is 16.8 Å². The SMILES string of the molecule is Cn1c(SCC(=O)c2ccc(N3CCCC3=O)cc2)nnc1-c1ccccc1. The van der Waals surface area contributed by atoms with Gasteiger partial charge in [-0.3, -0.25) is 9.59 Å². The molecule has 1 fully saturated rings. The molecule has 7 heteroatoms. The molecule has 1 saturated heterocycles. The predicted octanol–water partition coefficient (Wildman–Crippen LogP) is 3.58. The summed E-state index contributed by atoms with van der Waals surface area (Å²) in [4.78, 5) is 26.1. The van der Waals surface area contributed by atoms with Crippen LogP contribution in [-0.2, 0) is 11.8 Å². The number of benzene rings is 2. The molecule has 0 N–H and O–H groups in total. The lowest BCUT2D eigenvalue weighted by Crippen LogP contribution is -2.23. The molecule has 0 spiro atoms. The Morgan fingerprint density at radius 2 is 1.82 bits per heavy atom. The summed E-state index contributed by atoms with van der Waals surface area (Å²) in [6, 6.07) is 17.1. The van der Waals surface area contributed by atoms with E-state index in [1.165, 1.54) is 11.8 Å². The second kappa shape index (κ2) is 7.98. The molecule has 1 aliphatic rings. The lowest BCUT2D eigenvalue weighted by molar-refractivity contribution is -0.117. The van der Waals surface area contributed by atoms with Gasteiger partial charge in [-0.15, -0.1) is 10.2 Å². The predicted molar refractivity (Wildman–Crippen MR) is 110 cm³/mol. The van der Waals surface area contributed by atoms with E-state index < -0.39 is 0 Å². The highest BCUT2D eigenvalue weighted by Crippen LogP contribution is 2.25. The molecule has 0 bridgehead atoms. The summed E-state index contributed by atoms with van der Waals surface area (Å²) >= 11 is 1.37. The van der Waals surface area contributed by atoms with Crippen molar-refractivity contribution in [1.29, 1.82) is 0 Å². The highest BCUT2D eigenvalue weighted by Gasteiger charge is 2.21. The van der Waals surface area contributed by atoms with Crippen LogP contribution in [0.2, 0.25) is 0 Å². The molecule has 6 nitrogen and oxygen atoms in total. The van der Waals surface area contributed by atoms with Crippen LogP contribution in [0.25, 0.3) is 11.4 Å². The summed E-state index contributed by atoms with van der Waals surface area (Å²) in [5.41, 5.74) is 2.48. The summed E-state index contributed by atoms with van der Waals surface area (Å²) in [5.74, 6) is 1.22. The third kappa shape index (κ3) is 3.71. The van der Waals surface area contributed by atoms with E-state index in [4.69, 9.17) is 0 Å². The first-order valence-corrected chi connectivity index (χ1v) is 10.1. The fourth-order valence-corrected chi connectivity index (χ4v) is 4.05. The number of hydrogen-bond acceptors (Lipinski definition) is 5. The van der Waals surface area contributed by atoms with Crippen LogP contribution in [0, 0.1) is 0 Å². The van der Waals surface area contributed by atoms with Gasteiger partial charge in [-0.25, -0.2) is 0 Å². The minimum absolute atomic E-state index is 0.0218. The zero-order valence-corrected chi connectivity index (χ0v) is 16.4. The molecule has 1 aliphatic heterocycles. The minimum atomic E-state index is 0.0218. The minimum Gasteiger partial charge on any atom is -0.312 e. The second-order valence-electron chi connectivity index (χ2n) is 6.64. The van der Waals surface area contributed by atoms with Gasteiger partial charge >= 0.3 is 0 Å². The van der Waals surface area contributed by atoms with Crippen LogP contribution in [0.3, 0.4) is 0 Å². The number of carbonyl (C=O) groups is 2. The van der Waals surface area contributed by atoms with Gasteiger partial charge in [-0.05, 0) is 30.7 Å². The van der Waals surface area contributed by atoms with Crippen LogP contribution in [-0.4, -0.2) is 38.8 Å². The fourth-order valence-electron chi connectivity index (χ4n) is 3.24. The molecule has 0 saturated carbocycles. The quantitative estimate of drug-likeness (QED) is 0.474. The van der Waals surface area contributed by atoms with Crippen molar-refractivity contribution in [2.24, 2.45) is 7.05 Å². The molecule has 1 aromatic heterocycles. The van der Waals surface area contributed by atoms with Crippen molar-refractivity contribution in [3.05, 3.63) is 60.2 Å². The van der Waals surface area contributed by atoms with Crippen LogP contribution in [0.5, 0.6) is 0 Å². The van der Waals surface area contributed by atoms with Gasteiger partial charge in [0.25, 0.3) is 0 Å². The third-order valence-corrected chi connectivity index (χ3v) is 5.79. The Balaban J connectivity index is 1.41. The van der Waals surface area contributed by atoms with Crippen molar-refractivity contribution in [2.45, 2.75) is 18.0 Å². The number of nitrogens with zero attached hydrogens (tertiary/aromatic N) is 4. The Kier molecular flexibility index (Phi) is 5.25. The van der Waals surface area contributed by atoms with Gasteiger partial charge < -0.3 is 9.47 Å². The van der Waals surface area contributed by atoms with Gasteiger partial charge in [0.2, 0.25) is 5.91 Å².